The predicted octanol–water partition coefficient (Wildman–Crippen LogP) is 7.14. The summed E-state index contributed by atoms with van der Waals surface area (Å²) in [6.07, 6.45) is -3.73. The fraction of sp³-hybridized carbons (Fsp3) is 0.480. The van der Waals surface area contributed by atoms with Gasteiger partial charge in [-0.2, -0.15) is 13.2 Å². The molecule has 0 spiro atoms. The first-order valence-corrected chi connectivity index (χ1v) is 12.3. The van der Waals surface area contributed by atoms with Crippen molar-refractivity contribution in [2.75, 3.05) is 6.54 Å². The third-order valence-corrected chi connectivity index (χ3v) is 7.11. The summed E-state index contributed by atoms with van der Waals surface area (Å²) in [6.45, 7) is 0.467. The lowest BCUT2D eigenvalue weighted by atomic mass is 9.83. The molecular weight excluding hydrogens is 568 g/mol. The fourth-order valence-electron chi connectivity index (χ4n) is 4.83. The molecule has 1 aliphatic rings. The molecule has 1 heterocycles. The number of rotatable bonds is 9. The summed E-state index contributed by atoms with van der Waals surface area (Å²) in [6, 6.07) is 10.2. The Kier molecular flexibility index (Phi) is 9.31. The van der Waals surface area contributed by atoms with Gasteiger partial charge in [-0.05, 0) is 103 Å². The molecule has 34 heavy (non-hydrogen) atoms. The second kappa shape index (κ2) is 11.8. The van der Waals surface area contributed by atoms with Crippen LogP contribution in [-0.4, -0.2) is 34.7 Å². The van der Waals surface area contributed by atoms with Gasteiger partial charge < -0.3 is 5.11 Å². The highest BCUT2D eigenvalue weighted by atomic mass is 127. The zero-order valence-corrected chi connectivity index (χ0v) is 20.7. The van der Waals surface area contributed by atoms with Crippen molar-refractivity contribution < 1.29 is 31.9 Å². The Bertz CT molecular complexity index is 947. The molecule has 1 saturated heterocycles. The number of aliphatic carboxylic acids is 1. The van der Waals surface area contributed by atoms with Crippen LogP contribution in [0.2, 0.25) is 0 Å². The van der Waals surface area contributed by atoms with E-state index in [1.807, 2.05) is 29.2 Å². The Labute approximate surface area is 209 Å². The van der Waals surface area contributed by atoms with E-state index in [0.29, 0.717) is 31.4 Å². The van der Waals surface area contributed by atoms with Crippen LogP contribution in [0.5, 0.6) is 0 Å². The van der Waals surface area contributed by atoms with Crippen molar-refractivity contribution in [2.45, 2.75) is 63.2 Å². The number of likely N-dealkylation sites (tertiary alicyclic amines) is 1. The minimum Gasteiger partial charge on any atom is -0.481 e. The number of benzene rings is 2. The summed E-state index contributed by atoms with van der Waals surface area (Å²) >= 11 is 2.18. The second-order valence-corrected chi connectivity index (χ2v) is 10.2. The van der Waals surface area contributed by atoms with Crippen LogP contribution >= 0.6 is 22.6 Å². The van der Waals surface area contributed by atoms with Gasteiger partial charge in [-0.15, -0.1) is 0 Å². The maximum atomic E-state index is 13.6. The second-order valence-electron chi connectivity index (χ2n) is 8.92. The highest BCUT2D eigenvalue weighted by Gasteiger charge is 2.36. The molecule has 1 aliphatic heterocycles. The van der Waals surface area contributed by atoms with Crippen LogP contribution in [0.3, 0.4) is 0 Å². The molecule has 1 N–H and O–H groups in total. The Morgan fingerprint density at radius 1 is 1.09 bits per heavy atom. The number of alkyl halides is 3. The number of hydrogen-bond acceptors (Lipinski definition) is 2. The third kappa shape index (κ3) is 8.18. The highest BCUT2D eigenvalue weighted by molar-refractivity contribution is 14.1. The molecule has 0 bridgehead atoms. The maximum absolute atomic E-state index is 13.6. The molecule has 1 fully saturated rings. The third-order valence-electron chi connectivity index (χ3n) is 6.39. The Balaban J connectivity index is 1.86. The van der Waals surface area contributed by atoms with E-state index in [4.69, 9.17) is 0 Å². The predicted molar refractivity (Wildman–Crippen MR) is 127 cm³/mol. The number of carboxylic acids is 1. The van der Waals surface area contributed by atoms with Crippen LogP contribution in [0.1, 0.15) is 55.7 Å². The van der Waals surface area contributed by atoms with Crippen molar-refractivity contribution in [3.63, 3.8) is 0 Å². The number of nitrogens with zero attached hydrogens (tertiary/aromatic N) is 1. The zero-order valence-electron chi connectivity index (χ0n) is 18.5. The van der Waals surface area contributed by atoms with Crippen molar-refractivity contribution in [2.24, 2.45) is 5.92 Å². The molecule has 2 aromatic rings. The number of hydrogen-bond donors (Lipinski definition) is 1. The standard InChI is InChI=1S/C25H27F5INO2/c26-19-11-16(12-20(27)15-19)1-6-22(7-9-25(28,29)30)32-10-8-17(14-24(33)34)13-23(32)18-2-4-21(31)5-3-18/h2-5,11-12,15,17,22-23H,1,6-10,13-14H2,(H,33,34)/t17-,22-,23+/m1/s1. The number of aryl methyl sites for hydroxylation is 1. The molecule has 0 unspecified atom stereocenters. The molecule has 2 aromatic carbocycles. The van der Waals surface area contributed by atoms with Crippen molar-refractivity contribution in [3.05, 3.63) is 68.8 Å². The SMILES string of the molecule is O=C(O)C[C@@H]1CCN([C@H](CCc2cc(F)cc(F)c2)CCC(F)(F)F)[C@H](c2ccc(I)cc2)C1. The number of piperidine rings is 1. The lowest BCUT2D eigenvalue weighted by molar-refractivity contribution is -0.141. The summed E-state index contributed by atoms with van der Waals surface area (Å²) in [5.74, 6) is -2.39. The van der Waals surface area contributed by atoms with Gasteiger partial charge in [0.1, 0.15) is 11.6 Å². The van der Waals surface area contributed by atoms with Gasteiger partial charge in [-0.1, -0.05) is 12.1 Å². The molecule has 3 rings (SSSR count). The molecule has 0 aliphatic carbocycles. The van der Waals surface area contributed by atoms with Gasteiger partial charge in [0.2, 0.25) is 0 Å². The highest BCUT2D eigenvalue weighted by Crippen LogP contribution is 2.39. The maximum Gasteiger partial charge on any atom is 0.389 e. The van der Waals surface area contributed by atoms with Gasteiger partial charge >= 0.3 is 12.1 Å². The Hall–Kier alpha value is -1.75. The van der Waals surface area contributed by atoms with Crippen LogP contribution < -0.4 is 0 Å². The molecular formula is C25H27F5INO2. The zero-order chi connectivity index (χ0) is 24.9. The molecule has 0 saturated carbocycles. The summed E-state index contributed by atoms with van der Waals surface area (Å²) in [5.41, 5.74) is 1.34. The van der Waals surface area contributed by atoms with Crippen LogP contribution in [0.25, 0.3) is 0 Å². The van der Waals surface area contributed by atoms with Gasteiger partial charge in [0.15, 0.2) is 0 Å². The first-order valence-electron chi connectivity index (χ1n) is 11.2. The van der Waals surface area contributed by atoms with Crippen LogP contribution in [-0.2, 0) is 11.2 Å². The summed E-state index contributed by atoms with van der Waals surface area (Å²) < 4.78 is 67.7. The van der Waals surface area contributed by atoms with E-state index in [1.54, 1.807) is 0 Å². The minimum absolute atomic E-state index is 0.0183. The molecule has 186 valence electrons. The lowest BCUT2D eigenvalue weighted by Crippen LogP contribution is -2.44. The summed E-state index contributed by atoms with van der Waals surface area (Å²) in [5, 5.41) is 9.26. The molecule has 0 amide bonds. The van der Waals surface area contributed by atoms with Gasteiger partial charge in [0.25, 0.3) is 0 Å². The molecule has 9 heteroatoms. The van der Waals surface area contributed by atoms with Crippen molar-refractivity contribution in [1.82, 2.24) is 4.90 Å². The largest absolute Gasteiger partial charge is 0.481 e. The number of carbonyl (C=O) groups is 1. The Morgan fingerprint density at radius 3 is 2.32 bits per heavy atom. The van der Waals surface area contributed by atoms with E-state index >= 15 is 0 Å². The number of halogens is 6. The molecule has 3 nitrogen and oxygen atoms in total. The molecule has 0 aromatic heterocycles. The lowest BCUT2D eigenvalue weighted by Gasteiger charge is -2.44. The van der Waals surface area contributed by atoms with Gasteiger partial charge in [0.05, 0.1) is 0 Å². The average molecular weight is 595 g/mol. The van der Waals surface area contributed by atoms with E-state index in [0.717, 1.165) is 15.2 Å². The Morgan fingerprint density at radius 2 is 1.74 bits per heavy atom. The first-order chi connectivity index (χ1) is 16.0. The summed E-state index contributed by atoms with van der Waals surface area (Å²) in [4.78, 5) is 13.3. The first kappa shape index (κ1) is 26.8. The van der Waals surface area contributed by atoms with Crippen LogP contribution in [0.15, 0.2) is 42.5 Å². The molecule has 3 atom stereocenters. The average Bonchev–Trinajstić information content (AvgIpc) is 2.73. The van der Waals surface area contributed by atoms with E-state index < -0.39 is 36.2 Å². The van der Waals surface area contributed by atoms with E-state index in [9.17, 15) is 31.9 Å². The fourth-order valence-corrected chi connectivity index (χ4v) is 5.19. The van der Waals surface area contributed by atoms with Crippen molar-refractivity contribution in [3.8, 4) is 0 Å². The van der Waals surface area contributed by atoms with Gasteiger partial charge in [-0.25, -0.2) is 8.78 Å². The smallest absolute Gasteiger partial charge is 0.389 e. The van der Waals surface area contributed by atoms with E-state index in [-0.39, 0.29) is 31.2 Å². The molecule has 0 radical (unpaired) electrons. The van der Waals surface area contributed by atoms with E-state index in [2.05, 4.69) is 22.6 Å². The van der Waals surface area contributed by atoms with E-state index in [1.165, 1.54) is 12.1 Å². The monoisotopic (exact) mass is 595 g/mol. The van der Waals surface area contributed by atoms with Gasteiger partial charge in [0, 0.05) is 34.6 Å². The quantitative estimate of drug-likeness (QED) is 0.248. The van der Waals surface area contributed by atoms with Crippen molar-refractivity contribution >= 4 is 28.6 Å². The minimum atomic E-state index is -4.32. The van der Waals surface area contributed by atoms with Crippen molar-refractivity contribution in [1.29, 1.82) is 0 Å². The number of carboxylic acid groups (broad SMARTS) is 1. The topological polar surface area (TPSA) is 40.5 Å². The summed E-state index contributed by atoms with van der Waals surface area (Å²) in [7, 11) is 0. The van der Waals surface area contributed by atoms with Crippen LogP contribution in [0.4, 0.5) is 22.0 Å². The normalized spacial score (nSPS) is 20.3. The van der Waals surface area contributed by atoms with Crippen LogP contribution in [0, 0.1) is 21.1 Å². The van der Waals surface area contributed by atoms with Gasteiger partial charge in [-0.3, -0.25) is 9.69 Å².